The van der Waals surface area contributed by atoms with E-state index < -0.39 is 28.0 Å². The van der Waals surface area contributed by atoms with Crippen molar-refractivity contribution in [2.75, 3.05) is 19.1 Å². The van der Waals surface area contributed by atoms with Crippen LogP contribution in [-0.2, 0) is 8.92 Å². The molecule has 0 bridgehead atoms. The van der Waals surface area contributed by atoms with Crippen molar-refractivity contribution in [3.63, 3.8) is 0 Å². The van der Waals surface area contributed by atoms with Crippen molar-refractivity contribution in [1.82, 2.24) is 5.48 Å². The van der Waals surface area contributed by atoms with Gasteiger partial charge in [0.25, 0.3) is 5.91 Å². The molecule has 32 heavy (non-hydrogen) atoms. The number of ether oxygens (including phenoxy) is 1. The van der Waals surface area contributed by atoms with Gasteiger partial charge in [-0.05, 0) is 31.1 Å². The third kappa shape index (κ3) is 6.91. The minimum absolute atomic E-state index is 0.0788. The van der Waals surface area contributed by atoms with Gasteiger partial charge in [0, 0.05) is 12.8 Å². The van der Waals surface area contributed by atoms with Crippen molar-refractivity contribution in [1.29, 1.82) is 0 Å². The molecule has 0 aliphatic heterocycles. The van der Waals surface area contributed by atoms with Gasteiger partial charge in [-0.2, -0.15) is 13.2 Å². The first-order valence-electron chi connectivity index (χ1n) is 9.51. The third-order valence-electron chi connectivity index (χ3n) is 4.59. The molecule has 0 spiro atoms. The lowest BCUT2D eigenvalue weighted by atomic mass is 10.2. The molecule has 5 nitrogen and oxygen atoms in total. The van der Waals surface area contributed by atoms with Crippen LogP contribution in [0.3, 0.4) is 0 Å². The van der Waals surface area contributed by atoms with Crippen LogP contribution in [0.15, 0.2) is 40.5 Å². The molecule has 180 valence electrons. The number of halogens is 5. The summed E-state index contributed by atoms with van der Waals surface area (Å²) in [7, 11) is -2.02. The maximum atomic E-state index is 12.9. The average Bonchev–Trinajstić information content (AvgIpc) is 2.87. The van der Waals surface area contributed by atoms with Gasteiger partial charge in [-0.3, -0.25) is 10.0 Å². The molecule has 0 fully saturated rings. The molecule has 1 aliphatic rings. The predicted molar refractivity (Wildman–Crippen MR) is 123 cm³/mol. The standard InChI is InChI=1S/C20H24Cl2F3NO4S2/c1-4-13(30-14-7-5-6-12(8-9-14)20(23,24)25)10-11-29-32(2,3)16-15(19(27)26-28)17(21)31-18(16)22/h5-6,8-9,13,28H,4,7,10-11H2,1-3H3,(H,26,27). The van der Waals surface area contributed by atoms with Crippen LogP contribution < -0.4 is 5.48 Å². The summed E-state index contributed by atoms with van der Waals surface area (Å²) in [6.45, 7) is 2.17. The molecule has 1 amide bonds. The Labute approximate surface area is 200 Å². The maximum absolute atomic E-state index is 12.9. The Morgan fingerprint density at radius 3 is 2.59 bits per heavy atom. The Morgan fingerprint density at radius 1 is 1.31 bits per heavy atom. The van der Waals surface area contributed by atoms with Gasteiger partial charge in [-0.25, -0.2) is 5.48 Å². The van der Waals surface area contributed by atoms with Crippen LogP contribution in [0, 0.1) is 0 Å². The first-order chi connectivity index (χ1) is 14.9. The Balaban J connectivity index is 2.04. The van der Waals surface area contributed by atoms with E-state index in [9.17, 15) is 18.0 Å². The minimum Gasteiger partial charge on any atom is -0.494 e. The largest absolute Gasteiger partial charge is 0.494 e. The minimum atomic E-state index is -4.41. The number of thiophene rings is 1. The second-order valence-corrected chi connectivity index (χ2v) is 12.5. The van der Waals surface area contributed by atoms with Crippen molar-refractivity contribution in [3.8, 4) is 0 Å². The van der Waals surface area contributed by atoms with Gasteiger partial charge in [-0.1, -0.05) is 42.3 Å². The molecule has 1 aromatic heterocycles. The molecular weight excluding hydrogens is 510 g/mol. The average molecular weight is 534 g/mol. The summed E-state index contributed by atoms with van der Waals surface area (Å²) >= 11 is 13.4. The van der Waals surface area contributed by atoms with Crippen LogP contribution in [0.4, 0.5) is 13.2 Å². The number of hydrogen-bond acceptors (Lipinski definition) is 5. The Bertz CT molecular complexity index is 927. The summed E-state index contributed by atoms with van der Waals surface area (Å²) in [5.41, 5.74) is 0.919. The number of carbonyl (C=O) groups excluding carboxylic acids is 1. The topological polar surface area (TPSA) is 67.8 Å². The molecule has 0 saturated carbocycles. The number of nitrogens with one attached hydrogen (secondary N) is 1. The molecule has 0 radical (unpaired) electrons. The fourth-order valence-electron chi connectivity index (χ4n) is 2.94. The van der Waals surface area contributed by atoms with Gasteiger partial charge in [0.1, 0.15) is 20.5 Å². The van der Waals surface area contributed by atoms with Gasteiger partial charge in [0.2, 0.25) is 0 Å². The number of rotatable bonds is 9. The number of allylic oxidation sites excluding steroid dienone is 5. The third-order valence-corrected chi connectivity index (χ3v) is 8.58. The second-order valence-electron chi connectivity index (χ2n) is 7.15. The molecule has 0 saturated heterocycles. The Hall–Kier alpha value is -1.17. The zero-order valence-electron chi connectivity index (χ0n) is 17.6. The highest BCUT2D eigenvalue weighted by Gasteiger charge is 2.32. The lowest BCUT2D eigenvalue weighted by molar-refractivity contribution is -0.0881. The summed E-state index contributed by atoms with van der Waals surface area (Å²) in [5.74, 6) is -0.333. The SMILES string of the molecule is CCC(CCOS(C)(C)c1c(Cl)sc(Cl)c1C(=O)NO)OC1=CC=C(C(F)(F)F)C=CC1. The molecule has 1 heterocycles. The Kier molecular flexibility index (Phi) is 9.57. The number of alkyl halides is 3. The van der Waals surface area contributed by atoms with Gasteiger partial charge >= 0.3 is 6.18 Å². The highest BCUT2D eigenvalue weighted by atomic mass is 35.5. The van der Waals surface area contributed by atoms with Crippen molar-refractivity contribution < 1.29 is 32.1 Å². The van der Waals surface area contributed by atoms with Crippen LogP contribution in [0.25, 0.3) is 0 Å². The molecule has 0 aromatic carbocycles. The summed E-state index contributed by atoms with van der Waals surface area (Å²) in [6.07, 6.45) is 5.08. The van der Waals surface area contributed by atoms with Gasteiger partial charge in [0.15, 0.2) is 0 Å². The lowest BCUT2D eigenvalue weighted by Crippen LogP contribution is -2.21. The van der Waals surface area contributed by atoms with Gasteiger partial charge in [-0.15, -0.1) is 21.6 Å². The highest BCUT2D eigenvalue weighted by Crippen LogP contribution is 2.58. The highest BCUT2D eigenvalue weighted by molar-refractivity contribution is 8.29. The molecule has 2 rings (SSSR count). The number of amides is 1. The van der Waals surface area contributed by atoms with Crippen molar-refractivity contribution >= 4 is 50.8 Å². The number of hydrogen-bond donors (Lipinski definition) is 2. The first kappa shape index (κ1) is 27.1. The van der Waals surface area contributed by atoms with Crippen LogP contribution in [0.5, 0.6) is 0 Å². The quantitative estimate of drug-likeness (QED) is 0.263. The smallest absolute Gasteiger partial charge is 0.416 e. The predicted octanol–water partition coefficient (Wildman–Crippen LogP) is 7.05. The molecule has 1 unspecified atom stereocenters. The van der Waals surface area contributed by atoms with E-state index in [0.29, 0.717) is 27.8 Å². The van der Waals surface area contributed by atoms with E-state index >= 15 is 0 Å². The van der Waals surface area contributed by atoms with E-state index in [2.05, 4.69) is 0 Å². The van der Waals surface area contributed by atoms with Crippen LogP contribution in [-0.4, -0.2) is 42.5 Å². The summed E-state index contributed by atoms with van der Waals surface area (Å²) < 4.78 is 51.0. The molecule has 1 atom stereocenters. The zero-order chi connectivity index (χ0) is 24.1. The fraction of sp³-hybridized carbons (Fsp3) is 0.450. The van der Waals surface area contributed by atoms with Crippen LogP contribution >= 0.6 is 44.8 Å². The molecule has 1 aromatic rings. The zero-order valence-corrected chi connectivity index (χ0v) is 20.7. The number of carbonyl (C=O) groups is 1. The van der Waals surface area contributed by atoms with Crippen molar-refractivity contribution in [3.05, 3.63) is 49.9 Å². The number of hydroxylamine groups is 1. The van der Waals surface area contributed by atoms with Crippen LogP contribution in [0.1, 0.15) is 36.5 Å². The summed E-state index contributed by atoms with van der Waals surface area (Å²) in [6, 6.07) is 0. The molecule has 1 aliphatic carbocycles. The maximum Gasteiger partial charge on any atom is 0.416 e. The fourth-order valence-corrected chi connectivity index (χ4v) is 7.56. The van der Waals surface area contributed by atoms with Gasteiger partial charge in [0.05, 0.1) is 22.6 Å². The van der Waals surface area contributed by atoms with Crippen molar-refractivity contribution in [2.24, 2.45) is 0 Å². The van der Waals surface area contributed by atoms with Gasteiger partial charge < -0.3 is 8.92 Å². The first-order valence-corrected chi connectivity index (χ1v) is 13.5. The van der Waals surface area contributed by atoms with E-state index in [4.69, 9.17) is 37.3 Å². The van der Waals surface area contributed by atoms with E-state index in [1.807, 2.05) is 6.92 Å². The van der Waals surface area contributed by atoms with E-state index in [0.717, 1.165) is 23.5 Å². The summed E-state index contributed by atoms with van der Waals surface area (Å²) in [5, 5.41) is 9.01. The molecular formula is C20H24Cl2F3NO4S2. The molecule has 12 heteroatoms. The van der Waals surface area contributed by atoms with E-state index in [1.165, 1.54) is 12.2 Å². The second kappa shape index (κ2) is 11.3. The monoisotopic (exact) mass is 533 g/mol. The Morgan fingerprint density at radius 2 is 2.00 bits per heavy atom. The van der Waals surface area contributed by atoms with Crippen LogP contribution in [0.2, 0.25) is 8.67 Å². The molecule has 2 N–H and O–H groups in total. The van der Waals surface area contributed by atoms with E-state index in [-0.39, 0.29) is 29.0 Å². The summed E-state index contributed by atoms with van der Waals surface area (Å²) in [4.78, 5) is 12.5. The van der Waals surface area contributed by atoms with E-state index in [1.54, 1.807) is 18.0 Å². The lowest BCUT2D eigenvalue weighted by Gasteiger charge is -2.32. The normalized spacial score (nSPS) is 16.2. The van der Waals surface area contributed by atoms with Crippen molar-refractivity contribution in [2.45, 2.75) is 43.4 Å².